The van der Waals surface area contributed by atoms with Gasteiger partial charge in [-0.25, -0.2) is 4.39 Å². The van der Waals surface area contributed by atoms with Gasteiger partial charge in [-0.15, -0.1) is 0 Å². The molecule has 2 aromatic rings. The molecule has 3 rings (SSSR count). The average molecular weight is 342 g/mol. The van der Waals surface area contributed by atoms with E-state index in [-0.39, 0.29) is 12.1 Å². The van der Waals surface area contributed by atoms with Gasteiger partial charge in [0.05, 0.1) is 6.10 Å². The molecule has 2 amide bonds. The van der Waals surface area contributed by atoms with E-state index in [4.69, 9.17) is 0 Å². The predicted octanol–water partition coefficient (Wildman–Crippen LogP) is 1.87. The molecule has 1 heterocycles. The van der Waals surface area contributed by atoms with Gasteiger partial charge >= 0.3 is 11.8 Å². The molecule has 0 spiro atoms. The van der Waals surface area contributed by atoms with Crippen molar-refractivity contribution in [3.63, 3.8) is 0 Å². The number of halogens is 1. The predicted molar refractivity (Wildman–Crippen MR) is 91.6 cm³/mol. The SMILES string of the molecule is Cc1cccc2c1CCN2C(=O)C(=O)NCC(O)c1ccccc1F. The number of aryl methyl sites for hydroxylation is 1. The number of aliphatic hydroxyl groups is 1. The number of benzene rings is 2. The summed E-state index contributed by atoms with van der Waals surface area (Å²) < 4.78 is 13.6. The maximum Gasteiger partial charge on any atom is 0.316 e. The molecular formula is C19H19FN2O3. The second-order valence-corrected chi connectivity index (χ2v) is 6.03. The minimum atomic E-state index is -1.22. The molecule has 0 saturated heterocycles. The molecule has 2 aromatic carbocycles. The monoisotopic (exact) mass is 342 g/mol. The number of aliphatic hydroxyl groups excluding tert-OH is 1. The van der Waals surface area contributed by atoms with Crippen LogP contribution in [0.5, 0.6) is 0 Å². The number of hydrogen-bond donors (Lipinski definition) is 2. The van der Waals surface area contributed by atoms with E-state index < -0.39 is 23.7 Å². The van der Waals surface area contributed by atoms with Crippen LogP contribution in [0, 0.1) is 12.7 Å². The minimum Gasteiger partial charge on any atom is -0.386 e. The fraction of sp³-hybridized carbons (Fsp3) is 0.263. The fourth-order valence-corrected chi connectivity index (χ4v) is 3.06. The topological polar surface area (TPSA) is 69.6 Å². The van der Waals surface area contributed by atoms with Gasteiger partial charge in [-0.3, -0.25) is 9.59 Å². The number of anilines is 1. The maximum atomic E-state index is 13.6. The zero-order chi connectivity index (χ0) is 18.0. The minimum absolute atomic E-state index is 0.0809. The van der Waals surface area contributed by atoms with Crippen LogP contribution in [-0.2, 0) is 16.0 Å². The molecule has 0 bridgehead atoms. The van der Waals surface area contributed by atoms with Crippen LogP contribution in [0.4, 0.5) is 10.1 Å². The number of amides is 2. The van der Waals surface area contributed by atoms with Crippen molar-refractivity contribution in [1.29, 1.82) is 0 Å². The van der Waals surface area contributed by atoms with Crippen LogP contribution in [-0.4, -0.2) is 30.0 Å². The summed E-state index contributed by atoms with van der Waals surface area (Å²) in [5.41, 5.74) is 2.98. The molecule has 25 heavy (non-hydrogen) atoms. The van der Waals surface area contributed by atoms with Gasteiger partial charge in [0.15, 0.2) is 0 Å². The molecule has 5 nitrogen and oxygen atoms in total. The Bertz CT molecular complexity index is 822. The summed E-state index contributed by atoms with van der Waals surface area (Å²) in [5.74, 6) is -2.05. The normalized spacial score (nSPS) is 14.1. The van der Waals surface area contributed by atoms with Crippen LogP contribution in [0.1, 0.15) is 22.8 Å². The summed E-state index contributed by atoms with van der Waals surface area (Å²) >= 11 is 0. The number of nitrogens with zero attached hydrogens (tertiary/aromatic N) is 1. The molecule has 0 aromatic heterocycles. The van der Waals surface area contributed by atoms with Crippen molar-refractivity contribution in [2.45, 2.75) is 19.4 Å². The third-order valence-electron chi connectivity index (χ3n) is 4.42. The average Bonchev–Trinajstić information content (AvgIpc) is 3.04. The quantitative estimate of drug-likeness (QED) is 0.837. The van der Waals surface area contributed by atoms with E-state index in [0.29, 0.717) is 13.0 Å². The molecule has 1 unspecified atom stereocenters. The first-order valence-corrected chi connectivity index (χ1v) is 8.09. The van der Waals surface area contributed by atoms with Crippen molar-refractivity contribution in [3.8, 4) is 0 Å². The summed E-state index contributed by atoms with van der Waals surface area (Å²) in [6.07, 6.45) is -0.509. The van der Waals surface area contributed by atoms with Gasteiger partial charge in [-0.05, 0) is 36.6 Å². The van der Waals surface area contributed by atoms with Crippen molar-refractivity contribution in [2.75, 3.05) is 18.0 Å². The summed E-state index contributed by atoms with van der Waals surface area (Å²) in [6.45, 7) is 2.18. The van der Waals surface area contributed by atoms with E-state index in [1.165, 1.54) is 23.1 Å². The molecule has 1 aliphatic rings. The summed E-state index contributed by atoms with van der Waals surface area (Å²) in [4.78, 5) is 26.0. The highest BCUT2D eigenvalue weighted by atomic mass is 19.1. The van der Waals surface area contributed by atoms with Crippen molar-refractivity contribution < 1.29 is 19.1 Å². The third kappa shape index (κ3) is 3.39. The Morgan fingerprint density at radius 1 is 1.24 bits per heavy atom. The Labute approximate surface area is 145 Å². The number of fused-ring (bicyclic) bond motifs is 1. The highest BCUT2D eigenvalue weighted by Gasteiger charge is 2.30. The molecule has 6 heteroatoms. The van der Waals surface area contributed by atoms with E-state index in [9.17, 15) is 19.1 Å². The zero-order valence-corrected chi connectivity index (χ0v) is 13.8. The Morgan fingerprint density at radius 3 is 2.76 bits per heavy atom. The molecule has 0 saturated carbocycles. The molecule has 1 atom stereocenters. The summed E-state index contributed by atoms with van der Waals surface area (Å²) in [5, 5.41) is 12.4. The lowest BCUT2D eigenvalue weighted by molar-refractivity contribution is -0.137. The standard InChI is InChI=1S/C19H19FN2O3/c1-12-5-4-8-16-13(12)9-10-22(16)19(25)18(24)21-11-17(23)14-6-2-3-7-15(14)20/h2-8,17,23H,9-11H2,1H3,(H,21,24). The number of hydrogen-bond acceptors (Lipinski definition) is 3. The molecule has 1 aliphatic heterocycles. The van der Waals surface area contributed by atoms with E-state index >= 15 is 0 Å². The molecule has 0 radical (unpaired) electrons. The summed E-state index contributed by atoms with van der Waals surface area (Å²) in [6, 6.07) is 11.4. The van der Waals surface area contributed by atoms with Crippen molar-refractivity contribution >= 4 is 17.5 Å². The highest BCUT2D eigenvalue weighted by Crippen LogP contribution is 2.30. The van der Waals surface area contributed by atoms with Crippen LogP contribution in [0.2, 0.25) is 0 Å². The van der Waals surface area contributed by atoms with Crippen molar-refractivity contribution in [1.82, 2.24) is 5.32 Å². The Kier molecular flexibility index (Phi) is 4.81. The number of nitrogens with one attached hydrogen (secondary N) is 1. The van der Waals surface area contributed by atoms with Crippen LogP contribution in [0.25, 0.3) is 0 Å². The first kappa shape index (κ1) is 17.1. The molecule has 130 valence electrons. The lowest BCUT2D eigenvalue weighted by Gasteiger charge is -2.18. The van der Waals surface area contributed by atoms with Crippen LogP contribution < -0.4 is 10.2 Å². The molecular weight excluding hydrogens is 323 g/mol. The highest BCUT2D eigenvalue weighted by molar-refractivity contribution is 6.40. The van der Waals surface area contributed by atoms with Crippen LogP contribution in [0.15, 0.2) is 42.5 Å². The van der Waals surface area contributed by atoms with Crippen LogP contribution in [0.3, 0.4) is 0 Å². The number of carbonyl (C=O) groups is 2. The van der Waals surface area contributed by atoms with E-state index in [0.717, 1.165) is 16.8 Å². The van der Waals surface area contributed by atoms with Gasteiger partial charge < -0.3 is 15.3 Å². The van der Waals surface area contributed by atoms with Gasteiger partial charge in [0.2, 0.25) is 0 Å². The molecule has 2 N–H and O–H groups in total. The van der Waals surface area contributed by atoms with Crippen molar-refractivity contribution in [3.05, 3.63) is 65.0 Å². The number of rotatable bonds is 3. The third-order valence-corrected chi connectivity index (χ3v) is 4.42. The van der Waals surface area contributed by atoms with E-state index in [1.807, 2.05) is 25.1 Å². The fourth-order valence-electron chi connectivity index (χ4n) is 3.06. The van der Waals surface area contributed by atoms with E-state index in [2.05, 4.69) is 5.32 Å². The van der Waals surface area contributed by atoms with Gasteiger partial charge in [0.1, 0.15) is 5.82 Å². The van der Waals surface area contributed by atoms with Gasteiger partial charge in [0, 0.05) is 24.3 Å². The second-order valence-electron chi connectivity index (χ2n) is 6.03. The molecule has 0 aliphatic carbocycles. The first-order valence-electron chi connectivity index (χ1n) is 8.09. The summed E-state index contributed by atoms with van der Waals surface area (Å²) in [7, 11) is 0. The Balaban J connectivity index is 1.64. The smallest absolute Gasteiger partial charge is 0.316 e. The van der Waals surface area contributed by atoms with Gasteiger partial charge in [-0.1, -0.05) is 30.3 Å². The Morgan fingerprint density at radius 2 is 2.00 bits per heavy atom. The van der Waals surface area contributed by atoms with Crippen LogP contribution >= 0.6 is 0 Å². The lowest BCUT2D eigenvalue weighted by atomic mass is 10.1. The second kappa shape index (κ2) is 7.03. The number of carbonyl (C=O) groups excluding carboxylic acids is 2. The zero-order valence-electron chi connectivity index (χ0n) is 13.8. The van der Waals surface area contributed by atoms with Gasteiger partial charge in [-0.2, -0.15) is 0 Å². The van der Waals surface area contributed by atoms with Gasteiger partial charge in [0.25, 0.3) is 0 Å². The lowest BCUT2D eigenvalue weighted by Crippen LogP contribution is -2.43. The van der Waals surface area contributed by atoms with E-state index in [1.54, 1.807) is 6.07 Å². The maximum absolute atomic E-state index is 13.6. The molecule has 0 fully saturated rings. The Hall–Kier alpha value is -2.73. The first-order chi connectivity index (χ1) is 12.0. The largest absolute Gasteiger partial charge is 0.386 e. The van der Waals surface area contributed by atoms with Crippen molar-refractivity contribution in [2.24, 2.45) is 0 Å².